The Morgan fingerprint density at radius 2 is 1.56 bits per heavy atom. The van der Waals surface area contributed by atoms with Gasteiger partial charge in [-0.15, -0.1) is 0 Å². The third kappa shape index (κ3) is 4.52. The third-order valence-electron chi connectivity index (χ3n) is 6.48. The molecule has 0 radical (unpaired) electrons. The lowest BCUT2D eigenvalue weighted by molar-refractivity contribution is 0.0526. The van der Waals surface area contributed by atoms with E-state index in [2.05, 4.69) is 85.0 Å². The molecule has 1 N–H and O–H groups in total. The summed E-state index contributed by atoms with van der Waals surface area (Å²) >= 11 is 0. The Bertz CT molecular complexity index is 1370. The Balaban J connectivity index is 1.61. The van der Waals surface area contributed by atoms with Gasteiger partial charge in [0.25, 0.3) is 0 Å². The molecule has 34 heavy (non-hydrogen) atoms. The van der Waals surface area contributed by atoms with Crippen LogP contribution >= 0.6 is 0 Å². The highest BCUT2D eigenvalue weighted by atomic mass is 16.5. The zero-order chi connectivity index (χ0) is 23.5. The SMILES string of the molecule is CCOC(=O)c1cc(-c2ccc(C3=CCNCC3)cc2)c2ccc(-c3ccc(C)cc3)cc2c1. The van der Waals surface area contributed by atoms with Crippen LogP contribution in [-0.4, -0.2) is 25.7 Å². The second-order valence-corrected chi connectivity index (χ2v) is 8.81. The molecule has 1 heterocycles. The van der Waals surface area contributed by atoms with Gasteiger partial charge in [-0.25, -0.2) is 4.79 Å². The fourth-order valence-corrected chi connectivity index (χ4v) is 4.62. The lowest BCUT2D eigenvalue weighted by Crippen LogP contribution is -2.19. The Morgan fingerprint density at radius 1 is 0.853 bits per heavy atom. The third-order valence-corrected chi connectivity index (χ3v) is 6.48. The second-order valence-electron chi connectivity index (χ2n) is 8.81. The first-order valence-electron chi connectivity index (χ1n) is 11.9. The van der Waals surface area contributed by atoms with Gasteiger partial charge in [0.05, 0.1) is 12.2 Å². The van der Waals surface area contributed by atoms with E-state index in [1.54, 1.807) is 0 Å². The van der Waals surface area contributed by atoms with E-state index in [4.69, 9.17) is 4.74 Å². The van der Waals surface area contributed by atoms with Crippen molar-refractivity contribution in [3.8, 4) is 22.3 Å². The Kier molecular flexibility index (Phi) is 6.29. The number of hydrogen-bond acceptors (Lipinski definition) is 3. The summed E-state index contributed by atoms with van der Waals surface area (Å²) in [6, 6.07) is 27.6. The zero-order valence-corrected chi connectivity index (χ0v) is 19.7. The Labute approximate surface area is 201 Å². The summed E-state index contributed by atoms with van der Waals surface area (Å²) in [5.41, 5.74) is 8.90. The van der Waals surface area contributed by atoms with Crippen LogP contribution in [0.25, 0.3) is 38.6 Å². The molecule has 0 aliphatic carbocycles. The molecule has 0 unspecified atom stereocenters. The van der Waals surface area contributed by atoms with Gasteiger partial charge in [0.1, 0.15) is 0 Å². The van der Waals surface area contributed by atoms with Gasteiger partial charge in [0.2, 0.25) is 0 Å². The van der Waals surface area contributed by atoms with Gasteiger partial charge in [-0.05, 0) is 89.2 Å². The summed E-state index contributed by atoms with van der Waals surface area (Å²) in [6.45, 7) is 6.22. The van der Waals surface area contributed by atoms with Crippen LogP contribution in [0, 0.1) is 6.92 Å². The van der Waals surface area contributed by atoms with Crippen LogP contribution in [0.2, 0.25) is 0 Å². The molecular formula is C31H29NO2. The van der Waals surface area contributed by atoms with E-state index < -0.39 is 0 Å². The van der Waals surface area contributed by atoms with E-state index in [1.807, 2.05) is 19.1 Å². The number of esters is 1. The van der Waals surface area contributed by atoms with Crippen molar-refractivity contribution in [2.24, 2.45) is 0 Å². The Hall–Kier alpha value is -3.69. The van der Waals surface area contributed by atoms with Gasteiger partial charge in [-0.3, -0.25) is 0 Å². The van der Waals surface area contributed by atoms with Crippen LogP contribution in [-0.2, 0) is 4.74 Å². The van der Waals surface area contributed by atoms with Crippen molar-refractivity contribution in [1.29, 1.82) is 0 Å². The van der Waals surface area contributed by atoms with E-state index in [0.717, 1.165) is 52.5 Å². The van der Waals surface area contributed by atoms with E-state index in [0.29, 0.717) is 12.2 Å². The quantitative estimate of drug-likeness (QED) is 0.334. The fourth-order valence-electron chi connectivity index (χ4n) is 4.62. The van der Waals surface area contributed by atoms with Crippen molar-refractivity contribution in [3.05, 3.63) is 102 Å². The first kappa shape index (κ1) is 22.1. The first-order chi connectivity index (χ1) is 16.6. The highest BCUT2D eigenvalue weighted by Gasteiger charge is 2.14. The number of nitrogens with one attached hydrogen (secondary N) is 1. The molecule has 1 aliphatic heterocycles. The molecule has 5 rings (SSSR count). The van der Waals surface area contributed by atoms with Crippen LogP contribution in [0.5, 0.6) is 0 Å². The topological polar surface area (TPSA) is 38.3 Å². The van der Waals surface area contributed by atoms with Gasteiger partial charge in [-0.1, -0.05) is 72.3 Å². The minimum absolute atomic E-state index is 0.289. The number of ether oxygens (including phenoxy) is 1. The number of fused-ring (bicyclic) bond motifs is 1. The van der Waals surface area contributed by atoms with Crippen LogP contribution in [0.15, 0.2) is 84.9 Å². The molecule has 3 heteroatoms. The molecule has 4 aromatic carbocycles. The number of rotatable bonds is 5. The lowest BCUT2D eigenvalue weighted by atomic mass is 9.91. The molecule has 0 fully saturated rings. The largest absolute Gasteiger partial charge is 0.462 e. The predicted molar refractivity (Wildman–Crippen MR) is 141 cm³/mol. The number of benzene rings is 4. The highest BCUT2D eigenvalue weighted by molar-refractivity contribution is 6.04. The smallest absolute Gasteiger partial charge is 0.338 e. The van der Waals surface area contributed by atoms with Gasteiger partial charge >= 0.3 is 5.97 Å². The predicted octanol–water partition coefficient (Wildman–Crippen LogP) is 7.04. The van der Waals surface area contributed by atoms with E-state index in [-0.39, 0.29) is 5.97 Å². The molecule has 0 bridgehead atoms. The maximum atomic E-state index is 12.7. The summed E-state index contributed by atoms with van der Waals surface area (Å²) in [5, 5.41) is 5.52. The number of carbonyl (C=O) groups excluding carboxylic acids is 1. The molecule has 0 aromatic heterocycles. The van der Waals surface area contributed by atoms with Crippen LogP contribution in [0.1, 0.15) is 34.8 Å². The standard InChI is InChI=1S/C31H29NO2/c1-3-34-31(33)28-19-27-18-26(23-6-4-21(2)5-7-23)12-13-29(27)30(20-28)25-10-8-22(9-11-25)24-14-16-32-17-15-24/h4-14,18-20,32H,3,15-17H2,1-2H3. The molecule has 0 spiro atoms. The lowest BCUT2D eigenvalue weighted by Gasteiger charge is -2.15. The van der Waals surface area contributed by atoms with E-state index in [1.165, 1.54) is 16.7 Å². The first-order valence-corrected chi connectivity index (χ1v) is 11.9. The minimum atomic E-state index is -0.289. The van der Waals surface area contributed by atoms with Crippen molar-refractivity contribution < 1.29 is 9.53 Å². The average molecular weight is 448 g/mol. The highest BCUT2D eigenvalue weighted by Crippen LogP contribution is 2.34. The average Bonchev–Trinajstić information content (AvgIpc) is 2.89. The summed E-state index contributed by atoms with van der Waals surface area (Å²) in [7, 11) is 0. The van der Waals surface area contributed by atoms with Gasteiger partial charge < -0.3 is 10.1 Å². The Morgan fingerprint density at radius 3 is 2.26 bits per heavy atom. The number of aryl methyl sites for hydroxylation is 1. The molecule has 0 saturated heterocycles. The van der Waals surface area contributed by atoms with Crippen molar-refractivity contribution >= 4 is 22.3 Å². The van der Waals surface area contributed by atoms with E-state index in [9.17, 15) is 4.79 Å². The molecule has 0 atom stereocenters. The van der Waals surface area contributed by atoms with Crippen LogP contribution in [0.3, 0.4) is 0 Å². The molecule has 1 aliphatic rings. The van der Waals surface area contributed by atoms with Gasteiger partial charge in [-0.2, -0.15) is 0 Å². The summed E-state index contributed by atoms with van der Waals surface area (Å²) in [4.78, 5) is 12.7. The van der Waals surface area contributed by atoms with Crippen LogP contribution in [0.4, 0.5) is 0 Å². The maximum Gasteiger partial charge on any atom is 0.338 e. The normalized spacial score (nSPS) is 13.5. The molecule has 0 amide bonds. The minimum Gasteiger partial charge on any atom is -0.462 e. The summed E-state index contributed by atoms with van der Waals surface area (Å²) < 4.78 is 5.34. The molecule has 3 nitrogen and oxygen atoms in total. The monoisotopic (exact) mass is 447 g/mol. The van der Waals surface area contributed by atoms with Gasteiger partial charge in [0.15, 0.2) is 0 Å². The maximum absolute atomic E-state index is 12.7. The molecule has 0 saturated carbocycles. The van der Waals surface area contributed by atoms with Crippen molar-refractivity contribution in [3.63, 3.8) is 0 Å². The fraction of sp³-hybridized carbons (Fsp3) is 0.194. The molecular weight excluding hydrogens is 418 g/mol. The summed E-state index contributed by atoms with van der Waals surface area (Å²) in [6.07, 6.45) is 3.31. The van der Waals surface area contributed by atoms with Crippen LogP contribution < -0.4 is 5.32 Å². The molecule has 4 aromatic rings. The summed E-state index contributed by atoms with van der Waals surface area (Å²) in [5.74, 6) is -0.289. The molecule has 170 valence electrons. The van der Waals surface area contributed by atoms with E-state index >= 15 is 0 Å². The number of carbonyl (C=O) groups is 1. The second kappa shape index (κ2) is 9.66. The number of hydrogen-bond donors (Lipinski definition) is 1. The van der Waals surface area contributed by atoms with Crippen molar-refractivity contribution in [2.45, 2.75) is 20.3 Å². The van der Waals surface area contributed by atoms with Crippen molar-refractivity contribution in [1.82, 2.24) is 5.32 Å². The van der Waals surface area contributed by atoms with Crippen molar-refractivity contribution in [2.75, 3.05) is 19.7 Å². The van der Waals surface area contributed by atoms with Gasteiger partial charge in [0, 0.05) is 6.54 Å². The zero-order valence-electron chi connectivity index (χ0n) is 19.7.